The van der Waals surface area contributed by atoms with Crippen molar-refractivity contribution >= 4 is 23.5 Å². The van der Waals surface area contributed by atoms with E-state index in [0.717, 1.165) is 13.0 Å². The lowest BCUT2D eigenvalue weighted by atomic mass is 10.5. The van der Waals surface area contributed by atoms with Crippen LogP contribution >= 0.6 is 23.5 Å². The van der Waals surface area contributed by atoms with Gasteiger partial charge in [0.15, 0.2) is 0 Å². The molecule has 0 saturated heterocycles. The number of thioether (sulfide) groups is 2. The van der Waals surface area contributed by atoms with Gasteiger partial charge in [-0.1, -0.05) is 0 Å². The Labute approximate surface area is 59.8 Å². The number of hydrogen-bond donors (Lipinski definition) is 1. The van der Waals surface area contributed by atoms with E-state index in [1.165, 1.54) is 10.8 Å². The van der Waals surface area contributed by atoms with Crippen molar-refractivity contribution in [1.82, 2.24) is 0 Å². The van der Waals surface area contributed by atoms with Crippen LogP contribution in [-0.2, 0) is 0 Å². The highest BCUT2D eigenvalue weighted by atomic mass is 32.2. The molecule has 0 rings (SSSR count). The summed E-state index contributed by atoms with van der Waals surface area (Å²) < 4.78 is 0. The van der Waals surface area contributed by atoms with Gasteiger partial charge in [-0.2, -0.15) is 23.5 Å². The third kappa shape index (κ3) is 6.66. The zero-order valence-corrected chi connectivity index (χ0v) is 6.86. The third-order valence-corrected chi connectivity index (χ3v) is 2.88. The third-order valence-electron chi connectivity index (χ3n) is 0.694. The van der Waals surface area contributed by atoms with Crippen LogP contribution in [0.15, 0.2) is 0 Å². The van der Waals surface area contributed by atoms with Crippen LogP contribution < -0.4 is 5.73 Å². The highest BCUT2D eigenvalue weighted by Gasteiger charge is 1.83. The van der Waals surface area contributed by atoms with Gasteiger partial charge in [0.05, 0.1) is 0 Å². The Morgan fingerprint density at radius 2 is 2.25 bits per heavy atom. The fraction of sp³-hybridized carbons (Fsp3) is 1.00. The average molecular weight is 151 g/mol. The minimum Gasteiger partial charge on any atom is -0.330 e. The molecule has 8 heavy (non-hydrogen) atoms. The normalized spacial score (nSPS) is 9.75. The Morgan fingerprint density at radius 1 is 1.50 bits per heavy atom. The summed E-state index contributed by atoms with van der Waals surface area (Å²) in [5.74, 6) is 1.22. The first kappa shape index (κ1) is 8.66. The average Bonchev–Trinajstić information content (AvgIpc) is 1.81. The largest absolute Gasteiger partial charge is 0.330 e. The predicted molar refractivity (Wildman–Crippen MR) is 44.5 cm³/mol. The van der Waals surface area contributed by atoms with Crippen molar-refractivity contribution in [2.24, 2.45) is 5.73 Å². The number of hydrogen-bond acceptors (Lipinski definition) is 3. The first-order chi connectivity index (χ1) is 3.91. The fourth-order valence-corrected chi connectivity index (χ4v) is 1.84. The summed E-state index contributed by atoms with van der Waals surface area (Å²) >= 11 is 3.83. The Hall–Kier alpha value is 0.660. The predicted octanol–water partition coefficient (Wildman–Crippen LogP) is 1.39. The molecule has 0 aromatic rings. The maximum absolute atomic E-state index is 5.29. The van der Waals surface area contributed by atoms with Gasteiger partial charge < -0.3 is 5.73 Å². The van der Waals surface area contributed by atoms with Gasteiger partial charge >= 0.3 is 0 Å². The van der Waals surface area contributed by atoms with Gasteiger partial charge in [-0.15, -0.1) is 0 Å². The number of nitrogens with two attached hydrogens (primary N) is 1. The Morgan fingerprint density at radius 3 is 2.75 bits per heavy atom. The molecule has 0 aliphatic rings. The van der Waals surface area contributed by atoms with E-state index in [2.05, 4.69) is 6.26 Å². The smallest absolute Gasteiger partial charge is 0.0389 e. The van der Waals surface area contributed by atoms with Crippen molar-refractivity contribution in [3.63, 3.8) is 0 Å². The van der Waals surface area contributed by atoms with E-state index >= 15 is 0 Å². The van der Waals surface area contributed by atoms with Crippen LogP contribution in [0.3, 0.4) is 0 Å². The van der Waals surface area contributed by atoms with Crippen molar-refractivity contribution in [2.45, 2.75) is 6.42 Å². The van der Waals surface area contributed by atoms with Crippen molar-refractivity contribution in [3.05, 3.63) is 0 Å². The second kappa shape index (κ2) is 7.66. The zero-order chi connectivity index (χ0) is 6.24. The monoisotopic (exact) mass is 151 g/mol. The molecule has 1 nitrogen and oxygen atoms in total. The molecule has 0 radical (unpaired) electrons. The molecule has 0 aromatic carbocycles. The van der Waals surface area contributed by atoms with E-state index < -0.39 is 0 Å². The maximum Gasteiger partial charge on any atom is 0.0389 e. The lowest BCUT2D eigenvalue weighted by Gasteiger charge is -1.94. The standard InChI is InChI=1S/C5H13NS2/c1-7-5-8-4-2-3-6/h2-6H2,1H3. The molecular weight excluding hydrogens is 138 g/mol. The molecule has 0 spiro atoms. The quantitative estimate of drug-likeness (QED) is 0.475. The van der Waals surface area contributed by atoms with Crippen LogP contribution in [0.5, 0.6) is 0 Å². The molecule has 3 heteroatoms. The molecule has 0 atom stereocenters. The van der Waals surface area contributed by atoms with E-state index in [-0.39, 0.29) is 0 Å². The maximum atomic E-state index is 5.29. The minimum atomic E-state index is 0.835. The molecule has 0 bridgehead atoms. The molecule has 0 fully saturated rings. The van der Waals surface area contributed by atoms with Gasteiger partial charge in [-0.25, -0.2) is 0 Å². The van der Waals surface area contributed by atoms with E-state index in [1.807, 2.05) is 23.5 Å². The first-order valence-corrected chi connectivity index (χ1v) is 5.23. The lowest BCUT2D eigenvalue weighted by Crippen LogP contribution is -1.99. The molecule has 0 amide bonds. The molecule has 50 valence electrons. The molecule has 0 unspecified atom stereocenters. The van der Waals surface area contributed by atoms with Crippen LogP contribution in [-0.4, -0.2) is 23.6 Å². The van der Waals surface area contributed by atoms with Crippen LogP contribution in [0, 0.1) is 0 Å². The van der Waals surface area contributed by atoms with Crippen molar-refractivity contribution in [2.75, 3.05) is 23.6 Å². The van der Waals surface area contributed by atoms with Crippen LogP contribution in [0.25, 0.3) is 0 Å². The summed E-state index contributed by atoms with van der Waals surface area (Å²) in [6, 6.07) is 0. The summed E-state index contributed by atoms with van der Waals surface area (Å²) in [5, 5.41) is 1.21. The van der Waals surface area contributed by atoms with E-state index in [1.54, 1.807) is 0 Å². The summed E-state index contributed by atoms with van der Waals surface area (Å²) in [6.07, 6.45) is 3.28. The lowest BCUT2D eigenvalue weighted by molar-refractivity contribution is 0.944. The van der Waals surface area contributed by atoms with Crippen molar-refractivity contribution in [1.29, 1.82) is 0 Å². The Kier molecular flexibility index (Phi) is 8.29. The van der Waals surface area contributed by atoms with Crippen molar-refractivity contribution in [3.8, 4) is 0 Å². The molecule has 0 aliphatic heterocycles. The molecule has 0 aromatic heterocycles. The van der Waals surface area contributed by atoms with Crippen LogP contribution in [0.4, 0.5) is 0 Å². The van der Waals surface area contributed by atoms with Gasteiger partial charge in [0.2, 0.25) is 0 Å². The zero-order valence-electron chi connectivity index (χ0n) is 5.22. The second-order valence-electron chi connectivity index (χ2n) is 1.46. The summed E-state index contributed by atoms with van der Waals surface area (Å²) in [5.41, 5.74) is 5.29. The summed E-state index contributed by atoms with van der Waals surface area (Å²) in [4.78, 5) is 0. The minimum absolute atomic E-state index is 0.835. The molecule has 0 aliphatic carbocycles. The molecule has 2 N–H and O–H groups in total. The molecule has 0 heterocycles. The van der Waals surface area contributed by atoms with Gasteiger partial charge in [-0.3, -0.25) is 0 Å². The van der Waals surface area contributed by atoms with E-state index in [0.29, 0.717) is 0 Å². The highest BCUT2D eigenvalue weighted by molar-refractivity contribution is 8.15. The highest BCUT2D eigenvalue weighted by Crippen LogP contribution is 2.08. The van der Waals surface area contributed by atoms with E-state index in [9.17, 15) is 0 Å². The van der Waals surface area contributed by atoms with Crippen LogP contribution in [0.1, 0.15) is 6.42 Å². The molecular formula is C5H13NS2. The molecule has 0 saturated carbocycles. The van der Waals surface area contributed by atoms with Crippen molar-refractivity contribution < 1.29 is 0 Å². The van der Waals surface area contributed by atoms with Gasteiger partial charge in [-0.05, 0) is 25.0 Å². The van der Waals surface area contributed by atoms with Gasteiger partial charge in [0, 0.05) is 5.08 Å². The van der Waals surface area contributed by atoms with Gasteiger partial charge in [0.1, 0.15) is 0 Å². The van der Waals surface area contributed by atoms with E-state index in [4.69, 9.17) is 5.73 Å². The van der Waals surface area contributed by atoms with Crippen LogP contribution in [0.2, 0.25) is 0 Å². The Balaban J connectivity index is 2.53. The fourth-order valence-electron chi connectivity index (χ4n) is 0.328. The van der Waals surface area contributed by atoms with Gasteiger partial charge in [0.25, 0.3) is 0 Å². The Bertz CT molecular complexity index is 35.4. The number of rotatable bonds is 5. The summed E-state index contributed by atoms with van der Waals surface area (Å²) in [7, 11) is 0. The summed E-state index contributed by atoms with van der Waals surface area (Å²) in [6.45, 7) is 0.835. The second-order valence-corrected chi connectivity index (χ2v) is 3.79. The topological polar surface area (TPSA) is 26.0 Å². The SMILES string of the molecule is CSCSCCCN. The first-order valence-electron chi connectivity index (χ1n) is 2.68.